The lowest BCUT2D eigenvalue weighted by Gasteiger charge is -2.15. The van der Waals surface area contributed by atoms with Gasteiger partial charge in [0.05, 0.1) is 4.90 Å². The first-order valence-corrected chi connectivity index (χ1v) is 10.4. The molecule has 0 saturated heterocycles. The van der Waals surface area contributed by atoms with Crippen LogP contribution in [0.4, 0.5) is 0 Å². The van der Waals surface area contributed by atoms with Crippen LogP contribution in [0.25, 0.3) is 11.0 Å². The van der Waals surface area contributed by atoms with E-state index in [4.69, 9.17) is 9.15 Å². The van der Waals surface area contributed by atoms with Gasteiger partial charge in [-0.2, -0.15) is 4.72 Å². The predicted octanol–water partition coefficient (Wildman–Crippen LogP) is 2.99. The average molecular weight is 415 g/mol. The average Bonchev–Trinajstić information content (AvgIpc) is 2.64. The molecule has 0 amide bonds. The molecule has 8 heteroatoms. The van der Waals surface area contributed by atoms with E-state index in [9.17, 15) is 18.0 Å². The standard InChI is InChI=1S/C21H21NO6S/c1-12-5-7-16(8-6-12)29(25,26)22-15(4)21(24)27-18-10-9-17-13(2)11-19(23)28-20(17)14(18)3/h5-11,15,22H,1-4H3/t15-/m0/s1. The number of aryl methyl sites for hydroxylation is 3. The summed E-state index contributed by atoms with van der Waals surface area (Å²) in [6.07, 6.45) is 0. The second kappa shape index (κ2) is 7.81. The number of fused-ring (bicyclic) bond motifs is 1. The van der Waals surface area contributed by atoms with Gasteiger partial charge in [-0.15, -0.1) is 0 Å². The van der Waals surface area contributed by atoms with E-state index < -0.39 is 27.7 Å². The van der Waals surface area contributed by atoms with Gasteiger partial charge in [0.1, 0.15) is 17.4 Å². The van der Waals surface area contributed by atoms with Crippen molar-refractivity contribution in [2.75, 3.05) is 0 Å². The molecule has 7 nitrogen and oxygen atoms in total. The van der Waals surface area contributed by atoms with Crippen molar-refractivity contribution in [2.45, 2.75) is 38.6 Å². The molecular formula is C21H21NO6S. The van der Waals surface area contributed by atoms with Crippen molar-refractivity contribution < 1.29 is 22.4 Å². The summed E-state index contributed by atoms with van der Waals surface area (Å²) in [6.45, 7) is 6.69. The van der Waals surface area contributed by atoms with Crippen molar-refractivity contribution in [1.82, 2.24) is 4.72 Å². The highest BCUT2D eigenvalue weighted by molar-refractivity contribution is 7.89. The zero-order valence-electron chi connectivity index (χ0n) is 16.5. The number of carbonyl (C=O) groups excluding carboxylic acids is 1. The summed E-state index contributed by atoms with van der Waals surface area (Å²) in [7, 11) is -3.88. The predicted molar refractivity (Wildman–Crippen MR) is 109 cm³/mol. The monoisotopic (exact) mass is 415 g/mol. The van der Waals surface area contributed by atoms with E-state index in [1.165, 1.54) is 25.1 Å². The number of hydrogen-bond donors (Lipinski definition) is 1. The zero-order chi connectivity index (χ0) is 21.3. The normalized spacial score (nSPS) is 12.7. The maximum atomic E-state index is 12.5. The van der Waals surface area contributed by atoms with E-state index in [1.807, 2.05) is 6.92 Å². The SMILES string of the molecule is Cc1ccc(S(=O)(=O)N[C@@H](C)C(=O)Oc2ccc3c(C)cc(=O)oc3c2C)cc1. The number of rotatable bonds is 5. The molecule has 1 aromatic heterocycles. The molecule has 0 spiro atoms. The van der Waals surface area contributed by atoms with Gasteiger partial charge in [0.15, 0.2) is 0 Å². The van der Waals surface area contributed by atoms with Gasteiger partial charge >= 0.3 is 11.6 Å². The fraction of sp³-hybridized carbons (Fsp3) is 0.238. The first-order valence-electron chi connectivity index (χ1n) is 8.93. The van der Waals surface area contributed by atoms with Crippen molar-refractivity contribution in [3.8, 4) is 5.75 Å². The van der Waals surface area contributed by atoms with Crippen molar-refractivity contribution in [3.05, 3.63) is 69.6 Å². The molecule has 0 radical (unpaired) electrons. The number of hydrogen-bond acceptors (Lipinski definition) is 6. The van der Waals surface area contributed by atoms with Crippen LogP contribution in [-0.4, -0.2) is 20.4 Å². The molecule has 0 fully saturated rings. The molecule has 29 heavy (non-hydrogen) atoms. The van der Waals surface area contributed by atoms with Crippen molar-refractivity contribution in [1.29, 1.82) is 0 Å². The molecule has 3 rings (SSSR count). The Bertz CT molecular complexity index is 1240. The summed E-state index contributed by atoms with van der Waals surface area (Å²) in [5, 5.41) is 0.732. The molecule has 152 valence electrons. The van der Waals surface area contributed by atoms with E-state index in [1.54, 1.807) is 38.1 Å². The third kappa shape index (κ3) is 4.38. The maximum absolute atomic E-state index is 12.5. The Morgan fingerprint density at radius 2 is 1.72 bits per heavy atom. The lowest BCUT2D eigenvalue weighted by molar-refractivity contribution is -0.135. The van der Waals surface area contributed by atoms with Crippen LogP contribution in [0.15, 0.2) is 56.6 Å². The Labute approximate surface area is 168 Å². The third-order valence-electron chi connectivity index (χ3n) is 4.55. The minimum Gasteiger partial charge on any atom is -0.425 e. The van der Waals surface area contributed by atoms with Crippen LogP contribution >= 0.6 is 0 Å². The molecule has 0 saturated carbocycles. The fourth-order valence-electron chi connectivity index (χ4n) is 2.87. The van der Waals surface area contributed by atoms with Gasteiger partial charge < -0.3 is 9.15 Å². The largest absolute Gasteiger partial charge is 0.425 e. The number of sulfonamides is 1. The summed E-state index contributed by atoms with van der Waals surface area (Å²) in [6, 6.07) is 9.81. The van der Waals surface area contributed by atoms with Gasteiger partial charge in [0.25, 0.3) is 0 Å². The number of esters is 1. The quantitative estimate of drug-likeness (QED) is 0.390. The van der Waals surface area contributed by atoms with E-state index in [2.05, 4.69) is 4.72 Å². The minimum atomic E-state index is -3.88. The Hall–Kier alpha value is -2.97. The van der Waals surface area contributed by atoms with Gasteiger partial charge in [0.2, 0.25) is 10.0 Å². The molecular weight excluding hydrogens is 394 g/mol. The van der Waals surface area contributed by atoms with Crippen molar-refractivity contribution in [2.24, 2.45) is 0 Å². The maximum Gasteiger partial charge on any atom is 0.336 e. The first-order chi connectivity index (χ1) is 13.6. The number of ether oxygens (including phenoxy) is 1. The van der Waals surface area contributed by atoms with Gasteiger partial charge in [-0.3, -0.25) is 0 Å². The van der Waals surface area contributed by atoms with E-state index in [-0.39, 0.29) is 10.6 Å². The second-order valence-electron chi connectivity index (χ2n) is 6.89. The summed E-state index contributed by atoms with van der Waals surface area (Å²) >= 11 is 0. The molecule has 0 bridgehead atoms. The summed E-state index contributed by atoms with van der Waals surface area (Å²) in [4.78, 5) is 24.2. The highest BCUT2D eigenvalue weighted by atomic mass is 32.2. The van der Waals surface area contributed by atoms with E-state index in [0.29, 0.717) is 11.1 Å². The lowest BCUT2D eigenvalue weighted by Crippen LogP contribution is -2.40. The van der Waals surface area contributed by atoms with Crippen LogP contribution in [0.1, 0.15) is 23.6 Å². The Kier molecular flexibility index (Phi) is 5.59. The van der Waals surface area contributed by atoms with Gasteiger partial charge in [0, 0.05) is 17.0 Å². The fourth-order valence-corrected chi connectivity index (χ4v) is 4.07. The zero-order valence-corrected chi connectivity index (χ0v) is 17.3. The molecule has 0 aliphatic carbocycles. The third-order valence-corrected chi connectivity index (χ3v) is 6.10. The molecule has 0 aliphatic heterocycles. The number of nitrogens with one attached hydrogen (secondary N) is 1. The van der Waals surface area contributed by atoms with Gasteiger partial charge in [-0.05, 0) is 57.5 Å². The van der Waals surface area contributed by atoms with Crippen LogP contribution in [0.5, 0.6) is 5.75 Å². The molecule has 3 aromatic rings. The smallest absolute Gasteiger partial charge is 0.336 e. The molecule has 2 aromatic carbocycles. The highest BCUT2D eigenvalue weighted by Crippen LogP contribution is 2.28. The van der Waals surface area contributed by atoms with Crippen LogP contribution in [-0.2, 0) is 14.8 Å². The Morgan fingerprint density at radius 3 is 2.38 bits per heavy atom. The molecule has 1 atom stereocenters. The topological polar surface area (TPSA) is 103 Å². The molecule has 0 unspecified atom stereocenters. The summed E-state index contributed by atoms with van der Waals surface area (Å²) in [5.41, 5.74) is 1.97. The van der Waals surface area contributed by atoms with Crippen LogP contribution in [0.3, 0.4) is 0 Å². The summed E-state index contributed by atoms with van der Waals surface area (Å²) < 4.78 is 37.8. The molecule has 0 aliphatic rings. The number of benzene rings is 2. The van der Waals surface area contributed by atoms with E-state index >= 15 is 0 Å². The van der Waals surface area contributed by atoms with Crippen LogP contribution in [0.2, 0.25) is 0 Å². The molecule has 1 N–H and O–H groups in total. The van der Waals surface area contributed by atoms with Crippen molar-refractivity contribution in [3.63, 3.8) is 0 Å². The summed E-state index contributed by atoms with van der Waals surface area (Å²) in [5.74, 6) is -0.587. The minimum absolute atomic E-state index is 0.0573. The Morgan fingerprint density at radius 1 is 1.07 bits per heavy atom. The first kappa shape index (κ1) is 20.8. The highest BCUT2D eigenvalue weighted by Gasteiger charge is 2.24. The number of carbonyl (C=O) groups is 1. The lowest BCUT2D eigenvalue weighted by atomic mass is 10.1. The molecule has 1 heterocycles. The van der Waals surface area contributed by atoms with Gasteiger partial charge in [-0.25, -0.2) is 18.0 Å². The Balaban J connectivity index is 1.82. The van der Waals surface area contributed by atoms with Gasteiger partial charge in [-0.1, -0.05) is 17.7 Å². The van der Waals surface area contributed by atoms with Crippen LogP contribution in [0, 0.1) is 20.8 Å². The van der Waals surface area contributed by atoms with Crippen LogP contribution < -0.4 is 15.1 Å². The van der Waals surface area contributed by atoms with E-state index in [0.717, 1.165) is 16.5 Å². The van der Waals surface area contributed by atoms with Crippen molar-refractivity contribution >= 4 is 27.0 Å². The second-order valence-corrected chi connectivity index (χ2v) is 8.60.